The largest absolute Gasteiger partial charge is 0.495 e. The van der Waals surface area contributed by atoms with Gasteiger partial charge in [-0.05, 0) is 17.4 Å². The third-order valence-electron chi connectivity index (χ3n) is 5.42. The van der Waals surface area contributed by atoms with Crippen LogP contribution in [0, 0.1) is 0 Å². The van der Waals surface area contributed by atoms with E-state index in [-0.39, 0.29) is 12.5 Å². The van der Waals surface area contributed by atoms with Crippen LogP contribution in [0.2, 0.25) is 0 Å². The molecule has 1 fully saturated rings. The number of nitrogens with zero attached hydrogens (tertiary/aromatic N) is 6. The number of amides is 1. The summed E-state index contributed by atoms with van der Waals surface area (Å²) < 4.78 is 25.0. The Morgan fingerprint density at radius 2 is 1.97 bits per heavy atom. The van der Waals surface area contributed by atoms with Crippen LogP contribution in [-0.2, 0) is 9.53 Å². The molecule has 1 amide bonds. The van der Waals surface area contributed by atoms with Gasteiger partial charge in [0.25, 0.3) is 11.1 Å². The lowest BCUT2D eigenvalue weighted by atomic mass is 10.3. The Labute approximate surface area is 199 Å². The molecule has 4 aromatic heterocycles. The lowest BCUT2D eigenvalue weighted by Gasteiger charge is -2.26. The number of hydrogen-bond acceptors (Lipinski definition) is 10. The molecule has 180 valence electrons. The average Bonchev–Trinajstić information content (AvgIpc) is 3.55. The minimum absolute atomic E-state index is 0.115. The molecule has 0 aromatic carbocycles. The summed E-state index contributed by atoms with van der Waals surface area (Å²) in [5.74, 6) is 0.854. The van der Waals surface area contributed by atoms with Crippen LogP contribution in [0.3, 0.4) is 0 Å². The Kier molecular flexibility index (Phi) is 6.47. The number of hydrogen-bond donors (Lipinski definition) is 1. The average molecular weight is 488 g/mol. The van der Waals surface area contributed by atoms with Gasteiger partial charge in [0.05, 0.1) is 39.8 Å². The van der Waals surface area contributed by atoms with Crippen LogP contribution in [0.4, 0.5) is 0 Å². The number of carbonyl (C=O) groups excluding carboxylic acids is 1. The number of carbonyl (C=O) groups is 1. The molecule has 34 heavy (non-hydrogen) atoms. The van der Waals surface area contributed by atoms with Gasteiger partial charge in [0.1, 0.15) is 28.4 Å². The summed E-state index contributed by atoms with van der Waals surface area (Å²) in [4.78, 5) is 19.9. The third kappa shape index (κ3) is 4.76. The number of nitrogens with one attached hydrogen (secondary N) is 1. The number of pyridine rings is 1. The van der Waals surface area contributed by atoms with E-state index >= 15 is 0 Å². The van der Waals surface area contributed by atoms with E-state index in [1.807, 2.05) is 6.07 Å². The van der Waals surface area contributed by atoms with Crippen molar-refractivity contribution < 1.29 is 23.7 Å². The molecule has 12 nitrogen and oxygen atoms in total. The number of ether oxygens (including phenoxy) is 4. The Morgan fingerprint density at radius 1 is 1.12 bits per heavy atom. The zero-order chi connectivity index (χ0) is 23.5. The molecule has 4 aromatic rings. The monoisotopic (exact) mass is 487 g/mol. The summed E-state index contributed by atoms with van der Waals surface area (Å²) in [6, 6.07) is 3.59. The number of imidazole rings is 1. The minimum atomic E-state index is -0.191. The van der Waals surface area contributed by atoms with Gasteiger partial charge in [-0.2, -0.15) is 5.10 Å². The molecule has 0 saturated carbocycles. The molecule has 1 N–H and O–H groups in total. The van der Waals surface area contributed by atoms with Crippen LogP contribution >= 0.6 is 11.3 Å². The summed E-state index contributed by atoms with van der Waals surface area (Å²) in [6.45, 7) is 4.47. The molecule has 1 aliphatic heterocycles. The second-order valence-electron chi connectivity index (χ2n) is 7.62. The fourth-order valence-electron chi connectivity index (χ4n) is 3.65. The lowest BCUT2D eigenvalue weighted by molar-refractivity contribution is -0.123. The van der Waals surface area contributed by atoms with Crippen LogP contribution in [0.15, 0.2) is 24.5 Å². The van der Waals surface area contributed by atoms with Crippen molar-refractivity contribution in [1.82, 2.24) is 34.4 Å². The predicted octanol–water partition coefficient (Wildman–Crippen LogP) is 0.950. The lowest BCUT2D eigenvalue weighted by Crippen LogP contribution is -2.42. The van der Waals surface area contributed by atoms with Gasteiger partial charge in [0.2, 0.25) is 4.96 Å². The quantitative estimate of drug-likeness (QED) is 0.368. The number of morpholine rings is 1. The summed E-state index contributed by atoms with van der Waals surface area (Å²) in [7, 11) is 3.14. The molecule has 1 aliphatic rings. The van der Waals surface area contributed by atoms with E-state index in [0.717, 1.165) is 32.8 Å². The zero-order valence-corrected chi connectivity index (χ0v) is 19.7. The van der Waals surface area contributed by atoms with Gasteiger partial charge < -0.3 is 24.3 Å². The molecule has 0 aliphatic carbocycles. The van der Waals surface area contributed by atoms with Gasteiger partial charge in [0, 0.05) is 32.2 Å². The predicted molar refractivity (Wildman–Crippen MR) is 124 cm³/mol. The highest BCUT2D eigenvalue weighted by Crippen LogP contribution is 2.30. The fourth-order valence-corrected chi connectivity index (χ4v) is 4.35. The maximum absolute atomic E-state index is 12.3. The van der Waals surface area contributed by atoms with E-state index in [1.54, 1.807) is 41.7 Å². The van der Waals surface area contributed by atoms with E-state index in [2.05, 4.69) is 25.4 Å². The Morgan fingerprint density at radius 3 is 2.74 bits per heavy atom. The highest BCUT2D eigenvalue weighted by molar-refractivity contribution is 7.18. The van der Waals surface area contributed by atoms with Gasteiger partial charge in [-0.15, -0.1) is 5.10 Å². The van der Waals surface area contributed by atoms with Gasteiger partial charge in [-0.25, -0.2) is 14.0 Å². The minimum Gasteiger partial charge on any atom is -0.495 e. The Bertz CT molecular complexity index is 1260. The van der Waals surface area contributed by atoms with Crippen molar-refractivity contribution in [2.75, 3.05) is 60.2 Å². The third-order valence-corrected chi connectivity index (χ3v) is 6.30. The molecule has 5 heterocycles. The topological polar surface area (TPSA) is 117 Å². The van der Waals surface area contributed by atoms with Crippen molar-refractivity contribution in [2.24, 2.45) is 0 Å². The van der Waals surface area contributed by atoms with Gasteiger partial charge in [0.15, 0.2) is 6.61 Å². The summed E-state index contributed by atoms with van der Waals surface area (Å²) in [5, 5.41) is 12.3. The number of fused-ring (bicyclic) bond motifs is 2. The Balaban J connectivity index is 1.28. The number of rotatable bonds is 9. The highest BCUT2D eigenvalue weighted by Gasteiger charge is 2.17. The van der Waals surface area contributed by atoms with Crippen LogP contribution < -0.4 is 19.5 Å². The summed E-state index contributed by atoms with van der Waals surface area (Å²) in [6.07, 6.45) is 3.53. The van der Waals surface area contributed by atoms with E-state index in [4.69, 9.17) is 18.9 Å². The maximum Gasteiger partial charge on any atom is 0.294 e. The van der Waals surface area contributed by atoms with Crippen molar-refractivity contribution in [3.05, 3.63) is 24.5 Å². The molecule has 0 spiro atoms. The van der Waals surface area contributed by atoms with Crippen molar-refractivity contribution >= 4 is 27.7 Å². The Hall–Kier alpha value is -3.42. The number of aromatic nitrogens is 5. The van der Waals surface area contributed by atoms with Gasteiger partial charge in [-0.1, -0.05) is 0 Å². The first kappa shape index (κ1) is 22.4. The van der Waals surface area contributed by atoms with Crippen molar-refractivity contribution in [2.45, 2.75) is 0 Å². The van der Waals surface area contributed by atoms with Crippen LogP contribution in [0.25, 0.3) is 21.9 Å². The molecular formula is C21H25N7O5S. The van der Waals surface area contributed by atoms with Crippen molar-refractivity contribution in [3.8, 4) is 28.1 Å². The first-order valence-electron chi connectivity index (χ1n) is 10.8. The number of methoxy groups -OCH3 is 2. The SMILES string of the molecule is COc1cc(OCC(=O)NCCN2CCOCC2)c2cc(-c3cn4nc(OC)sc4n3)nn2c1. The van der Waals surface area contributed by atoms with Crippen LogP contribution in [-0.4, -0.2) is 95.2 Å². The molecule has 0 bridgehead atoms. The summed E-state index contributed by atoms with van der Waals surface area (Å²) in [5.41, 5.74) is 2.00. The first-order valence-corrected chi connectivity index (χ1v) is 11.6. The second-order valence-corrected chi connectivity index (χ2v) is 8.54. The molecule has 0 radical (unpaired) electrons. The van der Waals surface area contributed by atoms with E-state index < -0.39 is 0 Å². The van der Waals surface area contributed by atoms with Crippen molar-refractivity contribution in [3.63, 3.8) is 0 Å². The van der Waals surface area contributed by atoms with Crippen LogP contribution in [0.1, 0.15) is 0 Å². The normalized spacial score (nSPS) is 14.5. The van der Waals surface area contributed by atoms with Crippen LogP contribution in [0.5, 0.6) is 16.7 Å². The molecule has 1 saturated heterocycles. The van der Waals surface area contributed by atoms with E-state index in [9.17, 15) is 4.79 Å². The second kappa shape index (κ2) is 9.83. The standard InChI is InChI=1S/C21H25N7O5S/c1-30-14-9-18(33-13-19(29)22-3-4-26-5-7-32-8-6-26)17-10-15(24-27(17)11-14)16-12-28-20(23-16)34-21(25-28)31-2/h9-12H,3-8,13H2,1-2H3,(H,22,29). The fraction of sp³-hybridized carbons (Fsp3) is 0.429. The van der Waals surface area contributed by atoms with E-state index in [1.165, 1.54) is 11.3 Å². The molecule has 0 unspecified atom stereocenters. The van der Waals surface area contributed by atoms with Gasteiger partial charge >= 0.3 is 0 Å². The zero-order valence-electron chi connectivity index (χ0n) is 18.9. The molecule has 0 atom stereocenters. The highest BCUT2D eigenvalue weighted by atomic mass is 32.1. The van der Waals surface area contributed by atoms with E-state index in [0.29, 0.717) is 45.1 Å². The molecule has 5 rings (SSSR count). The smallest absolute Gasteiger partial charge is 0.294 e. The molecule has 13 heteroatoms. The first-order chi connectivity index (χ1) is 16.6. The van der Waals surface area contributed by atoms with Gasteiger partial charge in [-0.3, -0.25) is 9.69 Å². The molecular weight excluding hydrogens is 462 g/mol. The maximum atomic E-state index is 12.3. The van der Waals surface area contributed by atoms with Crippen molar-refractivity contribution in [1.29, 1.82) is 0 Å². The summed E-state index contributed by atoms with van der Waals surface area (Å²) >= 11 is 1.34.